The summed E-state index contributed by atoms with van der Waals surface area (Å²) in [6, 6.07) is 0.270. The SMILES string of the molecule is CCc1ncnc(N2CCC[C@H](n3cc(C)cn3)C2)c1F. The van der Waals surface area contributed by atoms with Gasteiger partial charge in [-0.3, -0.25) is 4.68 Å². The van der Waals surface area contributed by atoms with Crippen LogP contribution in [0.15, 0.2) is 18.7 Å². The summed E-state index contributed by atoms with van der Waals surface area (Å²) in [6.45, 7) is 5.49. The lowest BCUT2D eigenvalue weighted by Gasteiger charge is -2.33. The van der Waals surface area contributed by atoms with Crippen molar-refractivity contribution in [1.29, 1.82) is 0 Å². The van der Waals surface area contributed by atoms with E-state index in [-0.39, 0.29) is 11.9 Å². The highest BCUT2D eigenvalue weighted by Gasteiger charge is 2.25. The second-order valence-corrected chi connectivity index (χ2v) is 5.55. The molecule has 1 aliphatic rings. The van der Waals surface area contributed by atoms with Crippen LogP contribution < -0.4 is 4.90 Å². The van der Waals surface area contributed by atoms with Crippen LogP contribution in [0.2, 0.25) is 0 Å². The fourth-order valence-electron chi connectivity index (χ4n) is 2.86. The molecule has 0 bridgehead atoms. The smallest absolute Gasteiger partial charge is 0.187 e. The molecular formula is C15H20FN5. The number of anilines is 1. The minimum atomic E-state index is -0.280. The summed E-state index contributed by atoms with van der Waals surface area (Å²) in [4.78, 5) is 10.2. The number of nitrogens with zero attached hydrogens (tertiary/aromatic N) is 5. The predicted octanol–water partition coefficient (Wildman–Crippen LogP) is 2.52. The molecule has 1 aliphatic heterocycles. The molecule has 21 heavy (non-hydrogen) atoms. The molecule has 1 atom stereocenters. The molecular weight excluding hydrogens is 269 g/mol. The van der Waals surface area contributed by atoms with Crippen molar-refractivity contribution in [3.8, 4) is 0 Å². The molecule has 0 saturated carbocycles. The maximum Gasteiger partial charge on any atom is 0.187 e. The quantitative estimate of drug-likeness (QED) is 0.871. The third-order valence-corrected chi connectivity index (χ3v) is 3.98. The lowest BCUT2D eigenvalue weighted by Crippen LogP contribution is -2.38. The third-order valence-electron chi connectivity index (χ3n) is 3.98. The van der Waals surface area contributed by atoms with E-state index in [1.807, 2.05) is 35.8 Å². The fraction of sp³-hybridized carbons (Fsp3) is 0.533. The number of hydrogen-bond donors (Lipinski definition) is 0. The van der Waals surface area contributed by atoms with Gasteiger partial charge in [0.25, 0.3) is 0 Å². The van der Waals surface area contributed by atoms with Crippen molar-refractivity contribution >= 4 is 5.82 Å². The second-order valence-electron chi connectivity index (χ2n) is 5.55. The fourth-order valence-corrected chi connectivity index (χ4v) is 2.86. The van der Waals surface area contributed by atoms with Crippen LogP contribution in [0.1, 0.15) is 37.1 Å². The standard InChI is InChI=1S/C15H20FN5/c1-3-13-14(16)15(18-10-17-13)20-6-4-5-12(9-20)21-8-11(2)7-19-21/h7-8,10,12H,3-6,9H2,1-2H3/t12-/m0/s1. The van der Waals surface area contributed by atoms with Gasteiger partial charge in [0.2, 0.25) is 0 Å². The molecule has 0 aromatic carbocycles. The first-order chi connectivity index (χ1) is 10.2. The van der Waals surface area contributed by atoms with Gasteiger partial charge in [0.1, 0.15) is 6.33 Å². The van der Waals surface area contributed by atoms with E-state index in [4.69, 9.17) is 0 Å². The maximum atomic E-state index is 14.4. The molecule has 0 spiro atoms. The molecule has 3 heterocycles. The molecule has 0 radical (unpaired) electrons. The summed E-state index contributed by atoms with van der Waals surface area (Å²) in [5.41, 5.74) is 1.63. The molecule has 0 unspecified atom stereocenters. The monoisotopic (exact) mass is 289 g/mol. The van der Waals surface area contributed by atoms with Gasteiger partial charge in [-0.05, 0) is 31.7 Å². The van der Waals surface area contributed by atoms with E-state index in [1.54, 1.807) is 0 Å². The second kappa shape index (κ2) is 5.79. The van der Waals surface area contributed by atoms with Gasteiger partial charge in [0.05, 0.1) is 17.9 Å². The van der Waals surface area contributed by atoms with Crippen LogP contribution in [-0.2, 0) is 6.42 Å². The van der Waals surface area contributed by atoms with Crippen LogP contribution in [0, 0.1) is 12.7 Å². The van der Waals surface area contributed by atoms with Gasteiger partial charge in [-0.15, -0.1) is 0 Å². The minimum absolute atomic E-state index is 0.270. The Morgan fingerprint density at radius 1 is 1.38 bits per heavy atom. The highest BCUT2D eigenvalue weighted by Crippen LogP contribution is 2.27. The normalized spacial score (nSPS) is 19.0. The summed E-state index contributed by atoms with van der Waals surface area (Å²) >= 11 is 0. The summed E-state index contributed by atoms with van der Waals surface area (Å²) in [5.74, 6) is 0.146. The first-order valence-corrected chi connectivity index (χ1v) is 7.44. The Morgan fingerprint density at radius 2 is 2.24 bits per heavy atom. The molecule has 0 amide bonds. The molecule has 1 saturated heterocycles. The van der Waals surface area contributed by atoms with Crippen molar-refractivity contribution in [1.82, 2.24) is 19.7 Å². The molecule has 1 fully saturated rings. The topological polar surface area (TPSA) is 46.8 Å². The summed E-state index contributed by atoms with van der Waals surface area (Å²) in [7, 11) is 0. The zero-order valence-electron chi connectivity index (χ0n) is 12.5. The van der Waals surface area contributed by atoms with E-state index in [9.17, 15) is 4.39 Å². The zero-order chi connectivity index (χ0) is 14.8. The zero-order valence-corrected chi connectivity index (χ0v) is 12.5. The predicted molar refractivity (Wildman–Crippen MR) is 78.8 cm³/mol. The van der Waals surface area contributed by atoms with Gasteiger partial charge in [-0.1, -0.05) is 6.92 Å². The summed E-state index contributed by atoms with van der Waals surface area (Å²) in [6.07, 6.45) is 8.01. The van der Waals surface area contributed by atoms with Crippen molar-refractivity contribution in [2.75, 3.05) is 18.0 Å². The summed E-state index contributed by atoms with van der Waals surface area (Å²) in [5, 5.41) is 4.39. The number of halogens is 1. The van der Waals surface area contributed by atoms with Crippen LogP contribution in [0.4, 0.5) is 10.2 Å². The van der Waals surface area contributed by atoms with E-state index < -0.39 is 0 Å². The average molecular weight is 289 g/mol. The highest BCUT2D eigenvalue weighted by molar-refractivity contribution is 5.41. The molecule has 2 aromatic heterocycles. The van der Waals surface area contributed by atoms with Gasteiger partial charge in [-0.25, -0.2) is 14.4 Å². The molecule has 6 heteroatoms. The van der Waals surface area contributed by atoms with E-state index >= 15 is 0 Å². The number of piperidine rings is 1. The Kier molecular flexibility index (Phi) is 3.86. The Labute approximate surface area is 123 Å². The van der Waals surface area contributed by atoms with Gasteiger partial charge >= 0.3 is 0 Å². The molecule has 5 nitrogen and oxygen atoms in total. The first kappa shape index (κ1) is 14.0. The van der Waals surface area contributed by atoms with Crippen LogP contribution >= 0.6 is 0 Å². The number of hydrogen-bond acceptors (Lipinski definition) is 4. The van der Waals surface area contributed by atoms with Crippen molar-refractivity contribution in [2.45, 2.75) is 39.2 Å². The van der Waals surface area contributed by atoms with Crippen LogP contribution in [0.25, 0.3) is 0 Å². The van der Waals surface area contributed by atoms with E-state index in [0.29, 0.717) is 17.9 Å². The Bertz CT molecular complexity index is 624. The van der Waals surface area contributed by atoms with E-state index in [1.165, 1.54) is 6.33 Å². The lowest BCUT2D eigenvalue weighted by molar-refractivity contribution is 0.372. The minimum Gasteiger partial charge on any atom is -0.352 e. The first-order valence-electron chi connectivity index (χ1n) is 7.44. The Balaban J connectivity index is 1.83. The summed E-state index contributed by atoms with van der Waals surface area (Å²) < 4.78 is 16.4. The molecule has 0 N–H and O–H groups in total. The lowest BCUT2D eigenvalue weighted by atomic mass is 10.1. The van der Waals surface area contributed by atoms with Crippen LogP contribution in [0.5, 0.6) is 0 Å². The largest absolute Gasteiger partial charge is 0.352 e. The van der Waals surface area contributed by atoms with Crippen LogP contribution in [0.3, 0.4) is 0 Å². The molecule has 3 rings (SSSR count). The van der Waals surface area contributed by atoms with Crippen LogP contribution in [-0.4, -0.2) is 32.8 Å². The van der Waals surface area contributed by atoms with Gasteiger partial charge in [0, 0.05) is 19.3 Å². The van der Waals surface area contributed by atoms with E-state index in [2.05, 4.69) is 15.1 Å². The maximum absolute atomic E-state index is 14.4. The van der Waals surface area contributed by atoms with Gasteiger partial charge in [0.15, 0.2) is 11.6 Å². The van der Waals surface area contributed by atoms with Gasteiger partial charge in [-0.2, -0.15) is 5.10 Å². The molecule has 2 aromatic rings. The highest BCUT2D eigenvalue weighted by atomic mass is 19.1. The number of aromatic nitrogens is 4. The van der Waals surface area contributed by atoms with Crippen molar-refractivity contribution in [3.63, 3.8) is 0 Å². The number of rotatable bonds is 3. The third kappa shape index (κ3) is 2.75. The van der Waals surface area contributed by atoms with Crippen molar-refractivity contribution in [2.24, 2.45) is 0 Å². The average Bonchev–Trinajstić information content (AvgIpc) is 2.94. The molecule has 112 valence electrons. The van der Waals surface area contributed by atoms with Crippen molar-refractivity contribution < 1.29 is 4.39 Å². The van der Waals surface area contributed by atoms with Crippen molar-refractivity contribution in [3.05, 3.63) is 35.8 Å². The van der Waals surface area contributed by atoms with E-state index in [0.717, 1.165) is 31.5 Å². The molecule has 0 aliphatic carbocycles. The Hall–Kier alpha value is -1.98. The number of aryl methyl sites for hydroxylation is 2. The Morgan fingerprint density at radius 3 is 2.95 bits per heavy atom. The van der Waals surface area contributed by atoms with Gasteiger partial charge < -0.3 is 4.90 Å².